The Bertz CT molecular complexity index is 617. The summed E-state index contributed by atoms with van der Waals surface area (Å²) in [6, 6.07) is 6.27. The van der Waals surface area contributed by atoms with Crippen LogP contribution in [0.4, 0.5) is 10.2 Å². The van der Waals surface area contributed by atoms with Crippen molar-refractivity contribution in [3.63, 3.8) is 0 Å². The highest BCUT2D eigenvalue weighted by atomic mass is 19.1. The van der Waals surface area contributed by atoms with Crippen molar-refractivity contribution in [2.24, 2.45) is 0 Å². The van der Waals surface area contributed by atoms with Crippen molar-refractivity contribution in [3.05, 3.63) is 53.2 Å². The molecule has 0 bridgehead atoms. The molecule has 0 fully saturated rings. The van der Waals surface area contributed by atoms with Crippen molar-refractivity contribution in [3.8, 4) is 0 Å². The maximum absolute atomic E-state index is 13.4. The molecule has 1 heterocycles. The molecular formula is C13H12FN3O2. The molecule has 6 heteroatoms. The van der Waals surface area contributed by atoms with Gasteiger partial charge in [-0.3, -0.25) is 0 Å². The third-order valence-corrected chi connectivity index (χ3v) is 2.54. The number of nitrogens with one attached hydrogen (secondary N) is 1. The first kappa shape index (κ1) is 12.9. The van der Waals surface area contributed by atoms with E-state index in [1.807, 2.05) is 0 Å². The normalized spacial score (nSPS) is 10.2. The van der Waals surface area contributed by atoms with Gasteiger partial charge in [0.25, 0.3) is 0 Å². The average molecular weight is 261 g/mol. The van der Waals surface area contributed by atoms with Gasteiger partial charge in [0.2, 0.25) is 0 Å². The Balaban J connectivity index is 2.22. The molecule has 2 rings (SSSR count). The molecule has 2 aromatic rings. The summed E-state index contributed by atoms with van der Waals surface area (Å²) in [5.74, 6) is -0.849. The van der Waals surface area contributed by atoms with E-state index in [1.54, 1.807) is 25.1 Å². The van der Waals surface area contributed by atoms with Crippen molar-refractivity contribution in [1.82, 2.24) is 9.97 Å². The number of benzene rings is 1. The SMILES string of the molecule is Cc1ncc(C(=O)O)c(NCc2ccccc2F)n1. The molecule has 0 amide bonds. The molecule has 19 heavy (non-hydrogen) atoms. The van der Waals surface area contributed by atoms with E-state index in [9.17, 15) is 9.18 Å². The second kappa shape index (κ2) is 5.43. The van der Waals surface area contributed by atoms with Gasteiger partial charge in [0.1, 0.15) is 23.0 Å². The Morgan fingerprint density at radius 3 is 2.84 bits per heavy atom. The zero-order valence-corrected chi connectivity index (χ0v) is 10.2. The first-order valence-electron chi connectivity index (χ1n) is 5.62. The molecule has 5 nitrogen and oxygen atoms in total. The van der Waals surface area contributed by atoms with Crippen LogP contribution in [0.25, 0.3) is 0 Å². The van der Waals surface area contributed by atoms with Gasteiger partial charge in [-0.05, 0) is 13.0 Å². The van der Waals surface area contributed by atoms with Crippen LogP contribution in [-0.4, -0.2) is 21.0 Å². The summed E-state index contributed by atoms with van der Waals surface area (Å²) >= 11 is 0. The van der Waals surface area contributed by atoms with E-state index in [2.05, 4.69) is 15.3 Å². The quantitative estimate of drug-likeness (QED) is 0.882. The van der Waals surface area contributed by atoms with Crippen LogP contribution in [0.15, 0.2) is 30.5 Å². The lowest BCUT2D eigenvalue weighted by atomic mass is 10.2. The third-order valence-electron chi connectivity index (χ3n) is 2.54. The molecule has 0 unspecified atom stereocenters. The lowest BCUT2D eigenvalue weighted by Gasteiger charge is -2.09. The fourth-order valence-corrected chi connectivity index (χ4v) is 1.58. The number of aromatic carboxylic acids is 1. The molecule has 0 saturated heterocycles. The largest absolute Gasteiger partial charge is 0.477 e. The summed E-state index contributed by atoms with van der Waals surface area (Å²) in [5.41, 5.74) is 0.400. The molecule has 0 saturated carbocycles. The topological polar surface area (TPSA) is 75.1 Å². The Morgan fingerprint density at radius 2 is 2.16 bits per heavy atom. The first-order chi connectivity index (χ1) is 9.08. The number of hydrogen-bond donors (Lipinski definition) is 2. The van der Waals surface area contributed by atoms with Gasteiger partial charge in [0.05, 0.1) is 0 Å². The lowest BCUT2D eigenvalue weighted by molar-refractivity contribution is 0.0697. The van der Waals surface area contributed by atoms with E-state index in [4.69, 9.17) is 5.11 Å². The summed E-state index contributed by atoms with van der Waals surface area (Å²) < 4.78 is 13.4. The number of hydrogen-bond acceptors (Lipinski definition) is 4. The van der Waals surface area contributed by atoms with Crippen LogP contribution >= 0.6 is 0 Å². The number of nitrogens with zero attached hydrogens (tertiary/aromatic N) is 2. The van der Waals surface area contributed by atoms with Crippen LogP contribution in [0, 0.1) is 12.7 Å². The van der Waals surface area contributed by atoms with E-state index < -0.39 is 5.97 Å². The van der Waals surface area contributed by atoms with Gasteiger partial charge < -0.3 is 10.4 Å². The third kappa shape index (κ3) is 3.04. The van der Waals surface area contributed by atoms with Crippen LogP contribution in [0.5, 0.6) is 0 Å². The van der Waals surface area contributed by atoms with Gasteiger partial charge in [0.15, 0.2) is 0 Å². The van der Waals surface area contributed by atoms with Crippen LogP contribution in [0.2, 0.25) is 0 Å². The van der Waals surface area contributed by atoms with E-state index >= 15 is 0 Å². The zero-order valence-electron chi connectivity index (χ0n) is 10.2. The van der Waals surface area contributed by atoms with Crippen LogP contribution in [0.3, 0.4) is 0 Å². The predicted molar refractivity (Wildman–Crippen MR) is 67.5 cm³/mol. The number of rotatable bonds is 4. The number of carbonyl (C=O) groups is 1. The maximum atomic E-state index is 13.4. The summed E-state index contributed by atoms with van der Waals surface area (Å²) in [6.07, 6.45) is 1.23. The molecule has 1 aromatic carbocycles. The molecule has 0 radical (unpaired) electrons. The summed E-state index contributed by atoms with van der Waals surface area (Å²) in [7, 11) is 0. The van der Waals surface area contributed by atoms with Crippen molar-refractivity contribution < 1.29 is 14.3 Å². The minimum Gasteiger partial charge on any atom is -0.477 e. The summed E-state index contributed by atoms with van der Waals surface area (Å²) in [5, 5.41) is 11.8. The Morgan fingerprint density at radius 1 is 1.42 bits per heavy atom. The highest BCUT2D eigenvalue weighted by Crippen LogP contribution is 2.14. The van der Waals surface area contributed by atoms with Crippen molar-refractivity contribution >= 4 is 11.8 Å². The van der Waals surface area contributed by atoms with E-state index in [0.29, 0.717) is 11.4 Å². The minimum absolute atomic E-state index is 0.0399. The molecular weight excluding hydrogens is 249 g/mol. The molecule has 1 aromatic heterocycles. The zero-order chi connectivity index (χ0) is 13.8. The average Bonchev–Trinajstić information content (AvgIpc) is 2.37. The van der Waals surface area contributed by atoms with Gasteiger partial charge in [-0.15, -0.1) is 0 Å². The number of halogens is 1. The van der Waals surface area contributed by atoms with E-state index in [0.717, 1.165) is 0 Å². The number of carboxylic acids is 1. The highest BCUT2D eigenvalue weighted by molar-refractivity contribution is 5.92. The standard InChI is InChI=1S/C13H12FN3O2/c1-8-15-7-10(13(18)19)12(17-8)16-6-9-4-2-3-5-11(9)14/h2-5,7H,6H2,1H3,(H,18,19)(H,15,16,17). The van der Waals surface area contributed by atoms with Gasteiger partial charge in [-0.25, -0.2) is 19.2 Å². The molecule has 98 valence electrons. The predicted octanol–water partition coefficient (Wildman–Crippen LogP) is 2.23. The van der Waals surface area contributed by atoms with Crippen molar-refractivity contribution in [1.29, 1.82) is 0 Å². The monoisotopic (exact) mass is 261 g/mol. The van der Waals surface area contributed by atoms with Crippen molar-refractivity contribution in [2.75, 3.05) is 5.32 Å². The molecule has 2 N–H and O–H groups in total. The van der Waals surface area contributed by atoms with E-state index in [-0.39, 0.29) is 23.7 Å². The minimum atomic E-state index is -1.13. The van der Waals surface area contributed by atoms with Gasteiger partial charge in [-0.1, -0.05) is 18.2 Å². The number of carboxylic acid groups (broad SMARTS) is 1. The van der Waals surface area contributed by atoms with Crippen LogP contribution in [0.1, 0.15) is 21.7 Å². The number of aryl methyl sites for hydroxylation is 1. The Labute approximate surface area is 109 Å². The molecule has 0 aliphatic carbocycles. The van der Waals surface area contributed by atoms with Crippen LogP contribution < -0.4 is 5.32 Å². The fraction of sp³-hybridized carbons (Fsp3) is 0.154. The van der Waals surface area contributed by atoms with Gasteiger partial charge in [0, 0.05) is 18.3 Å². The molecule has 0 aliphatic heterocycles. The van der Waals surface area contributed by atoms with Crippen molar-refractivity contribution in [2.45, 2.75) is 13.5 Å². The molecule has 0 atom stereocenters. The number of anilines is 1. The Hall–Kier alpha value is -2.50. The number of aromatic nitrogens is 2. The first-order valence-corrected chi connectivity index (χ1v) is 5.62. The Kier molecular flexibility index (Phi) is 3.70. The highest BCUT2D eigenvalue weighted by Gasteiger charge is 2.12. The van der Waals surface area contributed by atoms with Crippen LogP contribution in [-0.2, 0) is 6.54 Å². The second-order valence-corrected chi connectivity index (χ2v) is 3.93. The second-order valence-electron chi connectivity index (χ2n) is 3.93. The maximum Gasteiger partial charge on any atom is 0.341 e. The smallest absolute Gasteiger partial charge is 0.341 e. The van der Waals surface area contributed by atoms with Gasteiger partial charge in [-0.2, -0.15) is 0 Å². The summed E-state index contributed by atoms with van der Waals surface area (Å²) in [6.45, 7) is 1.81. The summed E-state index contributed by atoms with van der Waals surface area (Å²) in [4.78, 5) is 18.9. The molecule has 0 aliphatic rings. The molecule has 0 spiro atoms. The lowest BCUT2D eigenvalue weighted by Crippen LogP contribution is -2.10. The fourth-order valence-electron chi connectivity index (χ4n) is 1.58. The van der Waals surface area contributed by atoms with Gasteiger partial charge >= 0.3 is 5.97 Å². The van der Waals surface area contributed by atoms with E-state index in [1.165, 1.54) is 12.3 Å².